The minimum atomic E-state index is -0.589. The van der Waals surface area contributed by atoms with Gasteiger partial charge in [0.25, 0.3) is 11.8 Å². The smallest absolute Gasteiger partial charge is 0.270 e. The van der Waals surface area contributed by atoms with Crippen molar-refractivity contribution in [3.05, 3.63) is 65.0 Å². The van der Waals surface area contributed by atoms with E-state index in [0.717, 1.165) is 31.5 Å². The summed E-state index contributed by atoms with van der Waals surface area (Å²) in [6.07, 6.45) is 3.51. The van der Waals surface area contributed by atoms with E-state index in [2.05, 4.69) is 19.2 Å². The number of amides is 2. The first kappa shape index (κ1) is 21.2. The Morgan fingerprint density at radius 2 is 1.74 bits per heavy atom. The van der Waals surface area contributed by atoms with Crippen molar-refractivity contribution in [1.82, 2.24) is 5.32 Å². The number of nitrogens with one attached hydrogen (secondary N) is 1. The fourth-order valence-corrected chi connectivity index (χ4v) is 4.18. The zero-order valence-electron chi connectivity index (χ0n) is 17.5. The van der Waals surface area contributed by atoms with E-state index in [4.69, 9.17) is 12.2 Å². The summed E-state index contributed by atoms with van der Waals surface area (Å²) in [6.45, 7) is 5.84. The highest BCUT2D eigenvalue weighted by Gasteiger charge is 2.34. The monoisotopic (exact) mass is 437 g/mol. The van der Waals surface area contributed by atoms with Crippen molar-refractivity contribution in [3.8, 4) is 0 Å². The Morgan fingerprint density at radius 1 is 1.06 bits per heavy atom. The molecule has 0 radical (unpaired) electrons. The lowest BCUT2D eigenvalue weighted by atomic mass is 10.0. The Kier molecular flexibility index (Phi) is 5.87. The molecule has 0 bridgehead atoms. The molecule has 2 saturated heterocycles. The van der Waals surface area contributed by atoms with Crippen LogP contribution in [0.25, 0.3) is 6.08 Å². The minimum absolute atomic E-state index is 0.0278. The molecule has 160 valence electrons. The summed E-state index contributed by atoms with van der Waals surface area (Å²) in [6, 6.07) is 12.3. The van der Waals surface area contributed by atoms with Gasteiger partial charge in [-0.1, -0.05) is 32.0 Å². The first-order valence-corrected chi connectivity index (χ1v) is 10.8. The highest BCUT2D eigenvalue weighted by Crippen LogP contribution is 2.27. The lowest BCUT2D eigenvalue weighted by Gasteiger charge is -2.29. The quantitative estimate of drug-likeness (QED) is 0.438. The van der Waals surface area contributed by atoms with Gasteiger partial charge < -0.3 is 4.90 Å². The van der Waals surface area contributed by atoms with Crippen molar-refractivity contribution in [3.63, 3.8) is 0 Å². The maximum absolute atomic E-state index is 14.7. The van der Waals surface area contributed by atoms with E-state index in [9.17, 15) is 14.0 Å². The predicted octanol–water partition coefficient (Wildman–Crippen LogP) is 4.38. The van der Waals surface area contributed by atoms with Crippen LogP contribution in [-0.2, 0) is 9.59 Å². The Morgan fingerprint density at radius 3 is 2.35 bits per heavy atom. The maximum Gasteiger partial charge on any atom is 0.270 e. The second-order valence-corrected chi connectivity index (χ2v) is 8.50. The number of anilines is 2. The summed E-state index contributed by atoms with van der Waals surface area (Å²) in [5, 5.41) is 2.59. The summed E-state index contributed by atoms with van der Waals surface area (Å²) in [4.78, 5) is 28.9. The van der Waals surface area contributed by atoms with Crippen LogP contribution < -0.4 is 15.1 Å². The molecule has 0 spiro atoms. The number of halogens is 1. The topological polar surface area (TPSA) is 52.7 Å². The van der Waals surface area contributed by atoms with Gasteiger partial charge in [0.05, 0.1) is 11.4 Å². The van der Waals surface area contributed by atoms with E-state index in [0.29, 0.717) is 22.9 Å². The minimum Gasteiger partial charge on any atom is -0.369 e. The number of carbonyl (C=O) groups is 2. The molecule has 0 atom stereocenters. The van der Waals surface area contributed by atoms with Crippen LogP contribution in [0.4, 0.5) is 15.8 Å². The molecular weight excluding hydrogens is 413 g/mol. The van der Waals surface area contributed by atoms with Crippen LogP contribution in [0.5, 0.6) is 0 Å². The van der Waals surface area contributed by atoms with Gasteiger partial charge in [-0.3, -0.25) is 19.8 Å². The van der Waals surface area contributed by atoms with Gasteiger partial charge >= 0.3 is 0 Å². The Hall–Kier alpha value is -3.06. The van der Waals surface area contributed by atoms with E-state index in [1.165, 1.54) is 17.0 Å². The van der Waals surface area contributed by atoms with Crippen molar-refractivity contribution in [2.24, 2.45) is 0 Å². The molecule has 5 nitrogen and oxygen atoms in total. The van der Waals surface area contributed by atoms with Crippen LogP contribution in [0.1, 0.15) is 43.7 Å². The molecule has 2 aromatic rings. The van der Waals surface area contributed by atoms with Crippen LogP contribution in [0, 0.1) is 5.82 Å². The molecule has 0 aromatic heterocycles. The number of rotatable bonds is 4. The fourth-order valence-electron chi connectivity index (χ4n) is 3.89. The molecule has 0 aliphatic carbocycles. The van der Waals surface area contributed by atoms with E-state index in [1.54, 1.807) is 24.3 Å². The third kappa shape index (κ3) is 4.23. The van der Waals surface area contributed by atoms with Crippen molar-refractivity contribution in [2.75, 3.05) is 22.9 Å². The Labute approximate surface area is 186 Å². The fraction of sp³-hybridized carbons (Fsp3) is 0.292. The van der Waals surface area contributed by atoms with Gasteiger partial charge in [-0.05, 0) is 72.4 Å². The molecular formula is C24H24FN3O2S. The zero-order chi connectivity index (χ0) is 22.1. The lowest BCUT2D eigenvalue weighted by Crippen LogP contribution is -2.54. The second kappa shape index (κ2) is 8.59. The van der Waals surface area contributed by atoms with Gasteiger partial charge in [-0.25, -0.2) is 4.39 Å². The van der Waals surface area contributed by atoms with Gasteiger partial charge in [0.1, 0.15) is 11.4 Å². The van der Waals surface area contributed by atoms with Gasteiger partial charge in [-0.2, -0.15) is 0 Å². The average Bonchev–Trinajstić information content (AvgIpc) is 3.26. The molecule has 4 rings (SSSR count). The normalized spacial score (nSPS) is 18.3. The van der Waals surface area contributed by atoms with Gasteiger partial charge in [0.15, 0.2) is 5.11 Å². The maximum atomic E-state index is 14.7. The van der Waals surface area contributed by atoms with Gasteiger partial charge in [-0.15, -0.1) is 0 Å². The van der Waals surface area contributed by atoms with Crippen LogP contribution >= 0.6 is 12.2 Å². The predicted molar refractivity (Wildman–Crippen MR) is 125 cm³/mol. The first-order chi connectivity index (χ1) is 14.8. The summed E-state index contributed by atoms with van der Waals surface area (Å²) in [7, 11) is 0. The van der Waals surface area contributed by atoms with E-state index in [-0.39, 0.29) is 16.5 Å². The molecule has 0 unspecified atom stereocenters. The summed E-state index contributed by atoms with van der Waals surface area (Å²) in [5.74, 6) is -1.13. The van der Waals surface area contributed by atoms with Crippen molar-refractivity contribution < 1.29 is 14.0 Å². The number of hydrogen-bond acceptors (Lipinski definition) is 4. The van der Waals surface area contributed by atoms with Gasteiger partial charge in [0.2, 0.25) is 0 Å². The molecule has 2 heterocycles. The molecule has 2 aliphatic rings. The molecule has 31 heavy (non-hydrogen) atoms. The number of benzene rings is 2. The highest BCUT2D eigenvalue weighted by atomic mass is 32.1. The molecule has 2 aromatic carbocycles. The summed E-state index contributed by atoms with van der Waals surface area (Å²) < 4.78 is 14.7. The lowest BCUT2D eigenvalue weighted by molar-refractivity contribution is -0.122. The largest absolute Gasteiger partial charge is 0.369 e. The zero-order valence-corrected chi connectivity index (χ0v) is 18.3. The SMILES string of the molecule is CC(C)c1ccc(N2C(=O)/C(=C/c3ccc(N4CCCC4)c(F)c3)C(=O)NC2=S)cc1. The molecule has 2 fully saturated rings. The second-order valence-electron chi connectivity index (χ2n) is 8.11. The van der Waals surface area contributed by atoms with Crippen LogP contribution in [0.2, 0.25) is 0 Å². The summed E-state index contributed by atoms with van der Waals surface area (Å²) >= 11 is 5.24. The van der Waals surface area contributed by atoms with Crippen LogP contribution in [-0.4, -0.2) is 30.0 Å². The molecule has 7 heteroatoms. The number of nitrogens with zero attached hydrogens (tertiary/aromatic N) is 2. The van der Waals surface area contributed by atoms with Crippen LogP contribution in [0.15, 0.2) is 48.0 Å². The van der Waals surface area contributed by atoms with E-state index < -0.39 is 11.8 Å². The summed E-state index contributed by atoms with van der Waals surface area (Å²) in [5.41, 5.74) is 2.61. The number of hydrogen-bond donors (Lipinski definition) is 1. The van der Waals surface area contributed by atoms with Crippen molar-refractivity contribution in [2.45, 2.75) is 32.6 Å². The number of carbonyl (C=O) groups excluding carboxylic acids is 2. The Bertz CT molecular complexity index is 1070. The standard InChI is InChI=1S/C24H24FN3O2S/c1-15(2)17-6-8-18(9-7-17)28-23(30)19(22(29)26-24(28)31)13-16-5-10-21(20(25)14-16)27-11-3-4-12-27/h5-10,13-15H,3-4,11-12H2,1-2H3,(H,26,29,31)/b19-13+. The van der Waals surface area contributed by atoms with Gasteiger partial charge in [0, 0.05) is 13.1 Å². The molecule has 2 aliphatic heterocycles. The van der Waals surface area contributed by atoms with Crippen LogP contribution in [0.3, 0.4) is 0 Å². The highest BCUT2D eigenvalue weighted by molar-refractivity contribution is 7.80. The molecule has 2 amide bonds. The Balaban J connectivity index is 1.63. The third-order valence-electron chi connectivity index (χ3n) is 5.65. The first-order valence-electron chi connectivity index (χ1n) is 10.4. The van der Waals surface area contributed by atoms with Crippen molar-refractivity contribution >= 4 is 46.6 Å². The van der Waals surface area contributed by atoms with E-state index in [1.807, 2.05) is 17.0 Å². The van der Waals surface area contributed by atoms with Crippen molar-refractivity contribution in [1.29, 1.82) is 0 Å². The number of thiocarbonyl (C=S) groups is 1. The third-order valence-corrected chi connectivity index (χ3v) is 5.93. The molecule has 1 N–H and O–H groups in total. The van der Waals surface area contributed by atoms with E-state index >= 15 is 0 Å². The molecule has 0 saturated carbocycles. The average molecular weight is 438 g/mol.